The molecule has 14 nitrogen and oxygen atoms in total. The van der Waals surface area contributed by atoms with Crippen LogP contribution in [0.5, 0.6) is 11.5 Å². The van der Waals surface area contributed by atoms with Crippen LogP contribution in [0.3, 0.4) is 0 Å². The van der Waals surface area contributed by atoms with Crippen LogP contribution in [0.2, 0.25) is 0 Å². The summed E-state index contributed by atoms with van der Waals surface area (Å²) in [6.07, 6.45) is 27.9. The third-order valence-electron chi connectivity index (χ3n) is 24.1. The number of rotatable bonds is 11. The summed E-state index contributed by atoms with van der Waals surface area (Å²) in [7, 11) is -1.39. The molecule has 3 N–H and O–H groups in total. The number of hydrogen-bond acceptors (Lipinski definition) is 16. The lowest BCUT2D eigenvalue weighted by Crippen LogP contribution is -2.40. The number of hydrogen-bond donors (Lipinski definition) is 3. The van der Waals surface area contributed by atoms with Crippen LogP contribution in [0.1, 0.15) is 270 Å². The molecule has 13 atom stereocenters. The first-order chi connectivity index (χ1) is 55.2. The van der Waals surface area contributed by atoms with Gasteiger partial charge in [0.1, 0.15) is 23.6 Å². The molecule has 0 spiro atoms. The summed E-state index contributed by atoms with van der Waals surface area (Å²) in [4.78, 5) is 30.7. The van der Waals surface area contributed by atoms with Gasteiger partial charge in [-0.05, 0) is 271 Å². The van der Waals surface area contributed by atoms with Crippen molar-refractivity contribution in [2.75, 3.05) is 57.8 Å². The molecule has 642 valence electrons. The first-order valence-corrected chi connectivity index (χ1v) is 46.0. The van der Waals surface area contributed by atoms with Gasteiger partial charge in [-0.25, -0.2) is 13.2 Å². The molecule has 0 aromatic heterocycles. The summed E-state index contributed by atoms with van der Waals surface area (Å²) in [6, 6.07) is 23.9. The predicted octanol–water partition coefficient (Wildman–Crippen LogP) is 22.6. The van der Waals surface area contributed by atoms with Crippen LogP contribution in [0.4, 0.5) is 22.0 Å². The average molecular weight is 1710 g/mol. The Labute approximate surface area is 700 Å². The third-order valence-corrected chi connectivity index (χ3v) is 27.4. The number of alkyl halides is 2. The second-order valence-corrected chi connectivity index (χ2v) is 37.8. The molecule has 4 aromatic carbocycles. The largest absolute Gasteiger partial charge is 0.508 e. The van der Waals surface area contributed by atoms with E-state index in [2.05, 4.69) is 117 Å². The minimum Gasteiger partial charge on any atom is -0.508 e. The normalized spacial score (nSPS) is 29.9. The molecule has 11 aliphatic rings. The average Bonchev–Trinajstić information content (AvgIpc) is 0.806. The number of aromatic hydroxyl groups is 1. The number of phenolic OH excluding ortho intramolecular Hbond substituents is 1. The molecule has 8 saturated heterocycles. The number of aldehydes is 1. The quantitative estimate of drug-likeness (QED) is 0.0423. The lowest BCUT2D eigenvalue weighted by molar-refractivity contribution is -0.225. The van der Waals surface area contributed by atoms with Crippen LogP contribution in [0.15, 0.2) is 99.2 Å². The highest BCUT2D eigenvalue weighted by molar-refractivity contribution is 9.10. The maximum Gasteiger partial charge on any atom is 0.488 e. The predicted molar refractivity (Wildman–Crippen MR) is 453 cm³/mol. The number of Topliss-reactive ketones (excluding diaryl/α,β-unsaturated/α-hetero) is 1. The van der Waals surface area contributed by atoms with Gasteiger partial charge in [-0.15, -0.1) is 23.5 Å². The lowest BCUT2D eigenvalue weighted by atomic mass is 9.77. The lowest BCUT2D eigenvalue weighted by Gasteiger charge is -2.38. The van der Waals surface area contributed by atoms with Crippen LogP contribution in [0, 0.1) is 82.5 Å². The molecule has 23 heteroatoms. The van der Waals surface area contributed by atoms with Gasteiger partial charge in [-0.3, -0.25) is 9.59 Å². The van der Waals surface area contributed by atoms with Crippen molar-refractivity contribution in [3.8, 4) is 11.5 Å². The molecule has 8 aliphatic heterocycles. The standard InChI is InChI=1S/C19H23F5O2.C16H26OS2.C12H17BO3.C12H15BrO.C12H20O2.C12H16O2.C6H10O2.C3H6O/c1-11-2-7-17(25-10-11)12-3-5-13(6-4-12)19(23,24)26-14-8-15(20)18(22)16(21)9-14;1-12-3-8-15(17-11-12)13-4-6-14(7-5-13)16-18-9-2-10-19-16;1-9-2-7-12(16-8-9)10-3-5-11(6-4-10)13(14)15;3*1-9-2-7-12(14-8-9)10-3-5-11(13)6-4-10;1-5-2-3-6(7)8-4-5;1-2-3-4/h8-9,11-13,17H,2-7,10H2,1H3;12-13,15H,2-11H2,1H3;3-6,9,12,14-15H,2,7-8H2,1H3;3-6,9,12H,2,7-8H2,1H3;9-10,12H,2-8H2,1H3;3-6,9,12-13H,2,7-8H2,1H3;5H,2-4H2,1H3;3H,2H2,1H3. The third kappa shape index (κ3) is 33.9. The van der Waals surface area contributed by atoms with E-state index in [4.69, 9.17) is 48.3 Å². The second-order valence-electron chi connectivity index (χ2n) is 34.4. The van der Waals surface area contributed by atoms with E-state index in [1.165, 1.54) is 99.7 Å². The Hall–Kier alpha value is -4.40. The van der Waals surface area contributed by atoms with Gasteiger partial charge in [-0.2, -0.15) is 8.78 Å². The molecular weight excluding hydrogens is 1580 g/mol. The van der Waals surface area contributed by atoms with Gasteiger partial charge >= 0.3 is 19.2 Å². The smallest absolute Gasteiger partial charge is 0.488 e. The molecule has 4 aromatic rings. The molecule has 3 aliphatic carbocycles. The van der Waals surface area contributed by atoms with E-state index in [0.717, 1.165) is 137 Å². The zero-order chi connectivity index (χ0) is 82.8. The summed E-state index contributed by atoms with van der Waals surface area (Å²) < 4.78 is 115. The maximum absolute atomic E-state index is 14.4. The van der Waals surface area contributed by atoms with Gasteiger partial charge in [-0.1, -0.05) is 125 Å². The number of thioether (sulfide) groups is 2. The molecule has 0 bridgehead atoms. The van der Waals surface area contributed by atoms with Gasteiger partial charge in [0.15, 0.2) is 17.5 Å². The van der Waals surface area contributed by atoms with Crippen molar-refractivity contribution in [1.29, 1.82) is 0 Å². The van der Waals surface area contributed by atoms with E-state index >= 15 is 0 Å². The Kier molecular flexibility index (Phi) is 42.4. The van der Waals surface area contributed by atoms with E-state index in [0.29, 0.717) is 116 Å². The number of phenols is 1. The summed E-state index contributed by atoms with van der Waals surface area (Å²) in [6.45, 7) is 23.1. The van der Waals surface area contributed by atoms with E-state index in [-0.39, 0.29) is 43.0 Å². The van der Waals surface area contributed by atoms with Gasteiger partial charge in [0.2, 0.25) is 0 Å². The Morgan fingerprint density at radius 2 is 0.861 bits per heavy atom. The summed E-state index contributed by atoms with van der Waals surface area (Å²) in [5.41, 5.74) is 5.90. The highest BCUT2D eigenvalue weighted by atomic mass is 79.9. The van der Waals surface area contributed by atoms with Crippen molar-refractivity contribution < 1.29 is 89.4 Å². The van der Waals surface area contributed by atoms with E-state index in [1.807, 2.05) is 31.2 Å². The van der Waals surface area contributed by atoms with Gasteiger partial charge < -0.3 is 57.8 Å². The fourth-order valence-electron chi connectivity index (χ4n) is 16.5. The first-order valence-electron chi connectivity index (χ1n) is 43.2. The van der Waals surface area contributed by atoms with Gasteiger partial charge in [0.05, 0.1) is 49.1 Å². The number of ether oxygens (including phenoxy) is 8. The molecule has 115 heavy (non-hydrogen) atoms. The topological polar surface area (TPSA) is 186 Å². The van der Waals surface area contributed by atoms with E-state index < -0.39 is 42.3 Å². The van der Waals surface area contributed by atoms with Gasteiger partial charge in [0, 0.05) is 86.2 Å². The Balaban J connectivity index is 0.000000170. The number of ketones is 1. The van der Waals surface area contributed by atoms with Crippen molar-refractivity contribution in [2.45, 2.75) is 278 Å². The monoisotopic (exact) mass is 1710 g/mol. The number of carbonyl (C=O) groups is 3. The minimum atomic E-state index is -3.57. The van der Waals surface area contributed by atoms with Crippen molar-refractivity contribution in [1.82, 2.24) is 0 Å². The highest BCUT2D eigenvalue weighted by Gasteiger charge is 2.46. The van der Waals surface area contributed by atoms with Crippen molar-refractivity contribution >= 4 is 70.1 Å². The molecule has 15 rings (SSSR count). The molecular formula is C92H133BBrF5O14S2. The van der Waals surface area contributed by atoms with Crippen LogP contribution < -0.4 is 10.2 Å². The molecule has 13 unspecified atom stereocenters. The van der Waals surface area contributed by atoms with E-state index in [1.54, 1.807) is 34.1 Å². The number of carbonyl (C=O) groups excluding carboxylic acids is 3. The SMILES string of the molecule is CC1CCC(=O)OC1.CC1CCC(C2CCC(=C3SCCCS3)CC2)OC1.CC1CCC(C2CCC(=O)CC2)OC1.CC1CCC(C2CCC(C(F)(F)Oc3cc(F)c(F)c(F)c3)CC2)OC1.CC1CCC(c2ccc(B(O)O)cc2)OC1.CC1CCC(c2ccc(Br)cc2)OC1.CC1CCC(c2ccc(O)cc2)OC1.CCC=O. The number of esters is 1. The highest BCUT2D eigenvalue weighted by Crippen LogP contribution is 2.46. The molecule has 8 heterocycles. The number of halogens is 6. The Morgan fingerprint density at radius 1 is 0.487 bits per heavy atom. The first kappa shape index (κ1) is 96.1. The van der Waals surface area contributed by atoms with E-state index in [9.17, 15) is 36.3 Å². The molecule has 3 saturated carbocycles. The van der Waals surface area contributed by atoms with Crippen LogP contribution >= 0.6 is 39.5 Å². The van der Waals surface area contributed by atoms with Crippen LogP contribution in [0.25, 0.3) is 0 Å². The van der Waals surface area contributed by atoms with Crippen LogP contribution in [-0.4, -0.2) is 122 Å². The van der Waals surface area contributed by atoms with Gasteiger partial charge in [0.25, 0.3) is 0 Å². The minimum absolute atomic E-state index is 0.0388. The fraction of sp³-hybridized carbons (Fsp3) is 0.685. The zero-order valence-corrected chi connectivity index (χ0v) is 72.9. The fourth-order valence-corrected chi connectivity index (χ4v) is 19.5. The number of cyclic esters (lactones) is 1. The zero-order valence-electron chi connectivity index (χ0n) is 69.6. The molecule has 0 radical (unpaired) electrons. The van der Waals surface area contributed by atoms with Crippen LogP contribution in [-0.2, 0) is 47.5 Å². The summed E-state index contributed by atoms with van der Waals surface area (Å²) in [5.74, 6) is 3.31. The Morgan fingerprint density at radius 3 is 1.22 bits per heavy atom. The summed E-state index contributed by atoms with van der Waals surface area (Å²) in [5, 5.41) is 27.1. The molecule has 0 amide bonds. The Bertz CT molecular complexity index is 3330. The van der Waals surface area contributed by atoms with Crippen molar-refractivity contribution in [3.63, 3.8) is 0 Å². The maximum atomic E-state index is 14.4. The second kappa shape index (κ2) is 50.8. The van der Waals surface area contributed by atoms with Crippen molar-refractivity contribution in [3.05, 3.63) is 133 Å². The number of benzene rings is 4. The summed E-state index contributed by atoms with van der Waals surface area (Å²) >= 11 is 7.67. The van der Waals surface area contributed by atoms with Crippen molar-refractivity contribution in [2.24, 2.45) is 65.1 Å². The number of allylic oxidation sites excluding steroid dienone is 1. The molecule has 11 fully saturated rings.